The molecule has 0 spiro atoms. The van der Waals surface area contributed by atoms with Gasteiger partial charge in [0.05, 0.1) is 38.4 Å². The summed E-state index contributed by atoms with van der Waals surface area (Å²) in [6.07, 6.45) is -0.487. The predicted octanol–water partition coefficient (Wildman–Crippen LogP) is 3.85. The van der Waals surface area contributed by atoms with E-state index >= 15 is 0 Å². The number of hydrogen-bond donors (Lipinski definition) is 1. The van der Waals surface area contributed by atoms with Crippen LogP contribution in [0.1, 0.15) is 27.9 Å². The Hall–Kier alpha value is -3.71. The molecule has 0 aromatic heterocycles. The molecule has 0 saturated carbocycles. The van der Waals surface area contributed by atoms with Gasteiger partial charge in [-0.2, -0.15) is 0 Å². The summed E-state index contributed by atoms with van der Waals surface area (Å²) in [5.41, 5.74) is -0.799. The fraction of sp³-hybridized carbons (Fsp3) is 0.200. The number of carbonyl (C=O) groups excluding carboxylic acids is 2. The summed E-state index contributed by atoms with van der Waals surface area (Å²) in [5, 5.41) is 11.5. The minimum Gasteiger partial charge on any atom is -0.497 e. The second-order valence-electron chi connectivity index (χ2n) is 7.53. The van der Waals surface area contributed by atoms with E-state index in [1.807, 2.05) is 0 Å². The molecule has 164 valence electrons. The molecule has 0 saturated heterocycles. The molecule has 0 bridgehead atoms. The van der Waals surface area contributed by atoms with Gasteiger partial charge in [-0.15, -0.1) is 0 Å². The second-order valence-corrected chi connectivity index (χ2v) is 7.53. The quantitative estimate of drug-likeness (QED) is 0.571. The van der Waals surface area contributed by atoms with Gasteiger partial charge in [-0.3, -0.25) is 9.59 Å². The first-order valence-corrected chi connectivity index (χ1v) is 10.0. The number of ether oxygens (including phenoxy) is 2. The Labute approximate surface area is 184 Å². The second kappa shape index (κ2) is 8.43. The lowest BCUT2D eigenvalue weighted by molar-refractivity contribution is -0.136. The van der Waals surface area contributed by atoms with Gasteiger partial charge in [-0.1, -0.05) is 36.4 Å². The summed E-state index contributed by atoms with van der Waals surface area (Å²) < 4.78 is 24.7. The van der Waals surface area contributed by atoms with Gasteiger partial charge in [0.2, 0.25) is 0 Å². The highest BCUT2D eigenvalue weighted by Gasteiger charge is 2.51. The fourth-order valence-electron chi connectivity index (χ4n) is 3.99. The number of carbonyl (C=O) groups is 2. The molecule has 4 rings (SSSR count). The first-order chi connectivity index (χ1) is 15.4. The van der Waals surface area contributed by atoms with Gasteiger partial charge >= 0.3 is 0 Å². The number of hydrogen-bond acceptors (Lipinski definition) is 5. The van der Waals surface area contributed by atoms with Gasteiger partial charge in [0, 0.05) is 17.2 Å². The minimum absolute atomic E-state index is 0.0646. The first-order valence-electron chi connectivity index (χ1n) is 10.0. The number of halogens is 1. The third-order valence-corrected chi connectivity index (χ3v) is 5.65. The van der Waals surface area contributed by atoms with Crippen molar-refractivity contribution >= 4 is 17.4 Å². The molecule has 32 heavy (non-hydrogen) atoms. The molecule has 1 N–H and O–H groups in total. The average Bonchev–Trinajstić information content (AvgIpc) is 3.01. The van der Waals surface area contributed by atoms with Crippen molar-refractivity contribution in [2.75, 3.05) is 19.1 Å². The summed E-state index contributed by atoms with van der Waals surface area (Å²) in [6, 6.07) is 17.5. The highest BCUT2D eigenvalue weighted by atomic mass is 19.1. The zero-order valence-electron chi connectivity index (χ0n) is 17.7. The standard InChI is InChI=1S/C25H22FNO5/c1-31-17-11-12-18(23(13-17)32-2)22(28)14-25(30)19-8-4-6-10-21(19)27(24(25)29)15-16-7-3-5-9-20(16)26/h3-13,30H,14-15H2,1-2H3/t25-/m1/s1. The van der Waals surface area contributed by atoms with E-state index < -0.39 is 29.5 Å². The smallest absolute Gasteiger partial charge is 0.264 e. The van der Waals surface area contributed by atoms with Crippen LogP contribution in [-0.2, 0) is 16.9 Å². The normalized spacial score (nSPS) is 17.2. The summed E-state index contributed by atoms with van der Waals surface area (Å²) in [7, 11) is 2.92. The Morgan fingerprint density at radius 2 is 1.75 bits per heavy atom. The van der Waals surface area contributed by atoms with Crippen LogP contribution >= 0.6 is 0 Å². The maximum absolute atomic E-state index is 14.2. The summed E-state index contributed by atoms with van der Waals surface area (Å²) in [4.78, 5) is 27.8. The third-order valence-electron chi connectivity index (χ3n) is 5.65. The number of anilines is 1. The molecule has 0 unspecified atom stereocenters. The SMILES string of the molecule is COc1ccc(C(=O)C[C@]2(O)C(=O)N(Cc3ccccc3F)c3ccccc32)c(OC)c1. The number of rotatable bonds is 7. The largest absolute Gasteiger partial charge is 0.497 e. The van der Waals surface area contributed by atoms with Crippen molar-refractivity contribution in [2.24, 2.45) is 0 Å². The molecule has 1 amide bonds. The van der Waals surface area contributed by atoms with E-state index in [0.717, 1.165) is 0 Å². The van der Waals surface area contributed by atoms with E-state index in [0.29, 0.717) is 22.6 Å². The Morgan fingerprint density at radius 1 is 1.03 bits per heavy atom. The van der Waals surface area contributed by atoms with Crippen LogP contribution in [0.15, 0.2) is 66.7 Å². The number of ketones is 1. The van der Waals surface area contributed by atoms with Crippen molar-refractivity contribution in [2.45, 2.75) is 18.6 Å². The molecule has 1 atom stereocenters. The van der Waals surface area contributed by atoms with Crippen molar-refractivity contribution < 1.29 is 28.6 Å². The van der Waals surface area contributed by atoms with Crippen LogP contribution in [0.2, 0.25) is 0 Å². The zero-order valence-corrected chi connectivity index (χ0v) is 17.7. The molecular formula is C25H22FNO5. The van der Waals surface area contributed by atoms with Crippen LogP contribution in [0.25, 0.3) is 0 Å². The first kappa shape index (κ1) is 21.5. The molecule has 1 aliphatic heterocycles. The van der Waals surface area contributed by atoms with Crippen LogP contribution in [0.4, 0.5) is 10.1 Å². The summed E-state index contributed by atoms with van der Waals surface area (Å²) >= 11 is 0. The molecule has 1 aliphatic rings. The molecule has 6 nitrogen and oxygen atoms in total. The van der Waals surface area contributed by atoms with Crippen LogP contribution in [-0.4, -0.2) is 31.0 Å². The van der Waals surface area contributed by atoms with Crippen molar-refractivity contribution in [3.63, 3.8) is 0 Å². The number of amides is 1. The van der Waals surface area contributed by atoms with Gasteiger partial charge in [0.1, 0.15) is 17.3 Å². The molecule has 7 heteroatoms. The van der Waals surface area contributed by atoms with Crippen LogP contribution in [0, 0.1) is 5.82 Å². The van der Waals surface area contributed by atoms with Gasteiger partial charge in [0.25, 0.3) is 5.91 Å². The van der Waals surface area contributed by atoms with E-state index in [9.17, 15) is 19.1 Å². The maximum atomic E-state index is 14.2. The van der Waals surface area contributed by atoms with E-state index in [1.165, 1.54) is 31.3 Å². The molecule has 0 fully saturated rings. The predicted molar refractivity (Wildman–Crippen MR) is 116 cm³/mol. The number of benzene rings is 3. The van der Waals surface area contributed by atoms with Crippen molar-refractivity contribution in [1.82, 2.24) is 0 Å². The van der Waals surface area contributed by atoms with E-state index in [-0.39, 0.29) is 17.9 Å². The lowest BCUT2D eigenvalue weighted by atomic mass is 9.88. The van der Waals surface area contributed by atoms with Gasteiger partial charge in [-0.25, -0.2) is 4.39 Å². The van der Waals surface area contributed by atoms with Crippen LogP contribution in [0.3, 0.4) is 0 Å². The van der Waals surface area contributed by atoms with Gasteiger partial charge in [-0.05, 0) is 24.3 Å². The lowest BCUT2D eigenvalue weighted by Crippen LogP contribution is -2.41. The summed E-state index contributed by atoms with van der Waals surface area (Å²) in [5.74, 6) is -0.812. The topological polar surface area (TPSA) is 76.1 Å². The zero-order chi connectivity index (χ0) is 22.9. The van der Waals surface area contributed by atoms with Gasteiger partial charge < -0.3 is 19.5 Å². The van der Waals surface area contributed by atoms with E-state index in [4.69, 9.17) is 9.47 Å². The number of fused-ring (bicyclic) bond motifs is 1. The monoisotopic (exact) mass is 435 g/mol. The number of methoxy groups -OCH3 is 2. The number of nitrogens with zero attached hydrogens (tertiary/aromatic N) is 1. The van der Waals surface area contributed by atoms with Crippen molar-refractivity contribution in [1.29, 1.82) is 0 Å². The minimum atomic E-state index is -2.08. The summed E-state index contributed by atoms with van der Waals surface area (Å²) in [6.45, 7) is -0.0646. The maximum Gasteiger partial charge on any atom is 0.264 e. The van der Waals surface area contributed by atoms with Crippen molar-refractivity contribution in [3.8, 4) is 11.5 Å². The van der Waals surface area contributed by atoms with Crippen LogP contribution < -0.4 is 14.4 Å². The van der Waals surface area contributed by atoms with Gasteiger partial charge in [0.15, 0.2) is 11.4 Å². The lowest BCUT2D eigenvalue weighted by Gasteiger charge is -2.23. The highest BCUT2D eigenvalue weighted by Crippen LogP contribution is 2.44. The van der Waals surface area contributed by atoms with E-state index in [1.54, 1.807) is 54.6 Å². The Bertz CT molecular complexity index is 1190. The molecule has 3 aromatic rings. The molecule has 1 heterocycles. The Morgan fingerprint density at radius 3 is 2.47 bits per heavy atom. The van der Waals surface area contributed by atoms with E-state index in [2.05, 4.69) is 0 Å². The highest BCUT2D eigenvalue weighted by molar-refractivity contribution is 6.11. The fourth-order valence-corrected chi connectivity index (χ4v) is 3.99. The molecule has 3 aromatic carbocycles. The number of Topliss-reactive ketones (excluding diaryl/α,β-unsaturated/α-hetero) is 1. The molecule has 0 aliphatic carbocycles. The number of para-hydroxylation sites is 1. The molecule has 0 radical (unpaired) electrons. The van der Waals surface area contributed by atoms with Crippen LogP contribution in [0.5, 0.6) is 11.5 Å². The Balaban J connectivity index is 1.69. The third kappa shape index (κ3) is 3.61. The number of aliphatic hydroxyl groups is 1. The average molecular weight is 435 g/mol. The Kier molecular flexibility index (Phi) is 5.67. The van der Waals surface area contributed by atoms with Crippen molar-refractivity contribution in [3.05, 3.63) is 89.2 Å². The molecular weight excluding hydrogens is 413 g/mol.